The molecule has 3 aromatic carbocycles. The number of nitrogens with one attached hydrogen (secondary N) is 2. The maximum Gasteiger partial charge on any atom is 0.513 e. The summed E-state index contributed by atoms with van der Waals surface area (Å²) < 4.78 is 29.7. The van der Waals surface area contributed by atoms with E-state index in [0.717, 1.165) is 16.5 Å². The summed E-state index contributed by atoms with van der Waals surface area (Å²) in [5.41, 5.74) is 2.66. The number of aromatic amines is 1. The van der Waals surface area contributed by atoms with Crippen molar-refractivity contribution in [2.45, 2.75) is 32.6 Å². The first-order valence-electron chi connectivity index (χ1n) is 13.9. The number of nitrogens with zero attached hydrogens (tertiary/aromatic N) is 1. The van der Waals surface area contributed by atoms with Crippen LogP contribution in [0.1, 0.15) is 48.0 Å². The van der Waals surface area contributed by atoms with Crippen molar-refractivity contribution in [2.75, 3.05) is 19.7 Å². The second-order valence-corrected chi connectivity index (χ2v) is 10.7. The number of aromatic nitrogens is 1. The van der Waals surface area contributed by atoms with E-state index in [4.69, 9.17) is 14.2 Å². The van der Waals surface area contributed by atoms with Gasteiger partial charge in [-0.3, -0.25) is 4.79 Å². The van der Waals surface area contributed by atoms with Gasteiger partial charge in [-0.2, -0.15) is 0 Å². The number of rotatable bonds is 7. The lowest BCUT2D eigenvalue weighted by Crippen LogP contribution is -2.36. The Morgan fingerprint density at radius 2 is 1.74 bits per heavy atom. The van der Waals surface area contributed by atoms with Crippen LogP contribution in [0.25, 0.3) is 16.7 Å². The number of hydrogen-bond acceptors (Lipinski definition) is 6. The lowest BCUT2D eigenvalue weighted by molar-refractivity contribution is 0.0788. The molecule has 0 spiro atoms. The predicted molar refractivity (Wildman–Crippen MR) is 159 cm³/mol. The minimum absolute atomic E-state index is 0.0758. The molecule has 1 aliphatic rings. The maximum absolute atomic E-state index is 13.5. The Hall–Kier alpha value is -5.12. The standard InChI is InChI=1S/C33H32FN3O6/c1-4-41-32(40)43-27-19-37(30(38)22-10-12-23(34)13-11-22)20-33(2,3)28-25-15-14-24(18-26(25)36-29(27)28)42-31(39)35-17-16-21-8-6-5-7-9-21/h5-15,18-19,36H,4,16-17,20H2,1-3H3,(H,35,39). The van der Waals surface area contributed by atoms with Crippen molar-refractivity contribution in [1.82, 2.24) is 15.2 Å². The molecule has 2 amide bonds. The number of benzene rings is 3. The molecule has 0 saturated carbocycles. The van der Waals surface area contributed by atoms with Crippen LogP contribution in [0, 0.1) is 5.82 Å². The molecule has 2 heterocycles. The van der Waals surface area contributed by atoms with E-state index in [9.17, 15) is 18.8 Å². The lowest BCUT2D eigenvalue weighted by atomic mass is 9.82. The fourth-order valence-corrected chi connectivity index (χ4v) is 5.18. The van der Waals surface area contributed by atoms with Crippen LogP contribution in [0.3, 0.4) is 0 Å². The van der Waals surface area contributed by atoms with Crippen molar-refractivity contribution in [3.05, 3.63) is 107 Å². The van der Waals surface area contributed by atoms with Crippen molar-refractivity contribution in [2.24, 2.45) is 0 Å². The summed E-state index contributed by atoms with van der Waals surface area (Å²) in [6.45, 7) is 6.34. The second-order valence-electron chi connectivity index (χ2n) is 10.7. The van der Waals surface area contributed by atoms with E-state index in [1.165, 1.54) is 35.4 Å². The highest BCUT2D eigenvalue weighted by molar-refractivity contribution is 5.97. The third-order valence-corrected chi connectivity index (χ3v) is 7.08. The number of amides is 2. The summed E-state index contributed by atoms with van der Waals surface area (Å²) in [7, 11) is 0. The van der Waals surface area contributed by atoms with Crippen LogP contribution in [0.4, 0.5) is 14.0 Å². The van der Waals surface area contributed by atoms with Gasteiger partial charge in [-0.1, -0.05) is 44.2 Å². The fourth-order valence-electron chi connectivity index (χ4n) is 5.18. The molecule has 4 aromatic rings. The van der Waals surface area contributed by atoms with Gasteiger partial charge in [-0.15, -0.1) is 0 Å². The molecule has 0 unspecified atom stereocenters. The zero-order chi connectivity index (χ0) is 30.6. The Kier molecular flexibility index (Phi) is 8.47. The molecule has 1 aliphatic heterocycles. The van der Waals surface area contributed by atoms with Crippen molar-refractivity contribution in [3.8, 4) is 5.75 Å². The number of carbonyl (C=O) groups excluding carboxylic acids is 3. The minimum Gasteiger partial charge on any atom is -0.434 e. The number of halogens is 1. The SMILES string of the molecule is CCOC(=O)OC1=CN(C(=O)c2ccc(F)cc2)CC(C)(C)c2c1[nH]c1cc(OC(=O)NCCc3ccccc3)ccc21. The van der Waals surface area contributed by atoms with Gasteiger partial charge in [0.05, 0.1) is 18.5 Å². The largest absolute Gasteiger partial charge is 0.513 e. The van der Waals surface area contributed by atoms with Crippen LogP contribution in [-0.2, 0) is 21.3 Å². The molecule has 0 bridgehead atoms. The summed E-state index contributed by atoms with van der Waals surface area (Å²) in [4.78, 5) is 43.1. The Labute approximate surface area is 248 Å². The quantitative estimate of drug-likeness (QED) is 0.238. The monoisotopic (exact) mass is 585 g/mol. The molecule has 2 N–H and O–H groups in total. The smallest absolute Gasteiger partial charge is 0.434 e. The van der Waals surface area contributed by atoms with Gasteiger partial charge in [-0.25, -0.2) is 14.0 Å². The summed E-state index contributed by atoms with van der Waals surface area (Å²) >= 11 is 0. The van der Waals surface area contributed by atoms with Gasteiger partial charge >= 0.3 is 12.2 Å². The molecule has 9 nitrogen and oxygen atoms in total. The van der Waals surface area contributed by atoms with E-state index in [1.807, 2.05) is 50.2 Å². The van der Waals surface area contributed by atoms with E-state index < -0.39 is 23.5 Å². The van der Waals surface area contributed by atoms with E-state index in [2.05, 4.69) is 10.3 Å². The molecule has 10 heteroatoms. The van der Waals surface area contributed by atoms with Gasteiger partial charge in [0.15, 0.2) is 5.76 Å². The highest BCUT2D eigenvalue weighted by Crippen LogP contribution is 2.41. The van der Waals surface area contributed by atoms with Crippen LogP contribution in [0.2, 0.25) is 0 Å². The van der Waals surface area contributed by atoms with Gasteiger partial charge in [0.2, 0.25) is 0 Å². The highest BCUT2D eigenvalue weighted by Gasteiger charge is 2.37. The third kappa shape index (κ3) is 6.69. The summed E-state index contributed by atoms with van der Waals surface area (Å²) in [6.07, 6.45) is 0.612. The van der Waals surface area contributed by atoms with Crippen molar-refractivity contribution >= 4 is 34.8 Å². The molecule has 222 valence electrons. The molecule has 0 aliphatic carbocycles. The first kappa shape index (κ1) is 29.4. The van der Waals surface area contributed by atoms with E-state index >= 15 is 0 Å². The van der Waals surface area contributed by atoms with Crippen LogP contribution >= 0.6 is 0 Å². The summed E-state index contributed by atoms with van der Waals surface area (Å²) in [5.74, 6) is -0.443. The van der Waals surface area contributed by atoms with Crippen LogP contribution in [0.5, 0.6) is 5.75 Å². The fraction of sp³-hybridized carbons (Fsp3) is 0.242. The molecular formula is C33H32FN3O6. The van der Waals surface area contributed by atoms with Gasteiger partial charge in [0, 0.05) is 41.0 Å². The molecule has 0 radical (unpaired) electrons. The topological polar surface area (TPSA) is 110 Å². The Bertz CT molecular complexity index is 1680. The average molecular weight is 586 g/mol. The predicted octanol–water partition coefficient (Wildman–Crippen LogP) is 6.54. The van der Waals surface area contributed by atoms with Crippen molar-refractivity contribution in [3.63, 3.8) is 0 Å². The van der Waals surface area contributed by atoms with Gasteiger partial charge < -0.3 is 29.4 Å². The number of fused-ring (bicyclic) bond motifs is 3. The third-order valence-electron chi connectivity index (χ3n) is 7.08. The van der Waals surface area contributed by atoms with Crippen LogP contribution in [-0.4, -0.2) is 47.7 Å². The minimum atomic E-state index is -0.927. The van der Waals surface area contributed by atoms with Gasteiger partial charge in [-0.05, 0) is 60.9 Å². The zero-order valence-corrected chi connectivity index (χ0v) is 24.1. The number of carbonyl (C=O) groups is 3. The lowest BCUT2D eigenvalue weighted by Gasteiger charge is -2.29. The summed E-state index contributed by atoms with van der Waals surface area (Å²) in [5, 5.41) is 3.56. The Balaban J connectivity index is 1.44. The molecule has 5 rings (SSSR count). The molecule has 0 saturated heterocycles. The zero-order valence-electron chi connectivity index (χ0n) is 24.1. The normalized spacial score (nSPS) is 13.9. The average Bonchev–Trinajstić information content (AvgIpc) is 3.32. The van der Waals surface area contributed by atoms with E-state index in [0.29, 0.717) is 29.9 Å². The number of H-pyrrole nitrogens is 1. The van der Waals surface area contributed by atoms with E-state index in [1.54, 1.807) is 19.1 Å². The number of ether oxygens (including phenoxy) is 3. The molecular weight excluding hydrogens is 553 g/mol. The van der Waals surface area contributed by atoms with Gasteiger partial charge in [0.1, 0.15) is 11.6 Å². The molecule has 0 atom stereocenters. The molecule has 43 heavy (non-hydrogen) atoms. The molecule has 0 fully saturated rings. The van der Waals surface area contributed by atoms with Crippen molar-refractivity contribution in [1.29, 1.82) is 0 Å². The van der Waals surface area contributed by atoms with Crippen molar-refractivity contribution < 1.29 is 33.0 Å². The van der Waals surface area contributed by atoms with Crippen LogP contribution < -0.4 is 10.1 Å². The second kappa shape index (κ2) is 12.4. The summed E-state index contributed by atoms with van der Waals surface area (Å²) in [6, 6.07) is 20.3. The first-order valence-corrected chi connectivity index (χ1v) is 13.9. The van der Waals surface area contributed by atoms with E-state index in [-0.39, 0.29) is 30.4 Å². The highest BCUT2D eigenvalue weighted by atomic mass is 19.1. The number of hydrogen-bond donors (Lipinski definition) is 2. The Morgan fingerprint density at radius 3 is 2.47 bits per heavy atom. The van der Waals surface area contributed by atoms with Crippen LogP contribution in [0.15, 0.2) is 79.0 Å². The maximum atomic E-state index is 13.5. The Morgan fingerprint density at radius 1 is 1.00 bits per heavy atom. The van der Waals surface area contributed by atoms with Gasteiger partial charge in [0.25, 0.3) is 5.91 Å². The first-order chi connectivity index (χ1) is 20.6. The molecule has 1 aromatic heterocycles.